The molecular weight excluding hydrogens is 178 g/mol. The molecule has 1 aromatic rings. The lowest BCUT2D eigenvalue weighted by molar-refractivity contribution is 0.345. The molecule has 0 spiro atoms. The third-order valence-electron chi connectivity index (χ3n) is 2.85. The summed E-state index contributed by atoms with van der Waals surface area (Å²) in [6.07, 6.45) is 2.07. The molecule has 0 saturated heterocycles. The van der Waals surface area contributed by atoms with Crippen molar-refractivity contribution in [2.45, 2.75) is 24.8 Å². The smallest absolute Gasteiger partial charge is 0.160 e. The van der Waals surface area contributed by atoms with Crippen molar-refractivity contribution >= 4 is 0 Å². The van der Waals surface area contributed by atoms with E-state index >= 15 is 0 Å². The van der Waals surface area contributed by atoms with Gasteiger partial charge in [0.25, 0.3) is 0 Å². The molecule has 0 unspecified atom stereocenters. The molecule has 0 aromatic heterocycles. The number of ether oxygens (including phenoxy) is 1. The van der Waals surface area contributed by atoms with Gasteiger partial charge in [-0.2, -0.15) is 0 Å². The molecule has 14 heavy (non-hydrogen) atoms. The maximum Gasteiger partial charge on any atom is 0.160 e. The number of phenols is 1. The predicted octanol–water partition coefficient (Wildman–Crippen LogP) is 1.61. The monoisotopic (exact) mass is 193 g/mol. The lowest BCUT2D eigenvalue weighted by Crippen LogP contribution is -2.34. The van der Waals surface area contributed by atoms with Crippen molar-refractivity contribution in [2.24, 2.45) is 5.73 Å². The molecule has 0 radical (unpaired) electrons. The Morgan fingerprint density at radius 3 is 2.71 bits per heavy atom. The van der Waals surface area contributed by atoms with Gasteiger partial charge in [-0.3, -0.25) is 0 Å². The van der Waals surface area contributed by atoms with Gasteiger partial charge in [-0.25, -0.2) is 0 Å². The van der Waals surface area contributed by atoms with Gasteiger partial charge >= 0.3 is 0 Å². The summed E-state index contributed by atoms with van der Waals surface area (Å²) in [5.74, 6) is 1.28. The van der Waals surface area contributed by atoms with E-state index < -0.39 is 0 Å². The Kier molecular flexibility index (Phi) is 2.33. The van der Waals surface area contributed by atoms with E-state index in [1.807, 2.05) is 12.1 Å². The normalized spacial score (nSPS) is 25.6. The summed E-state index contributed by atoms with van der Waals surface area (Å²) in [5.41, 5.74) is 6.94. The largest absolute Gasteiger partial charge is 0.504 e. The molecule has 1 aliphatic carbocycles. The Balaban J connectivity index is 2.19. The zero-order valence-electron chi connectivity index (χ0n) is 8.23. The van der Waals surface area contributed by atoms with Gasteiger partial charge in [-0.05, 0) is 36.5 Å². The molecule has 2 rings (SSSR count). The first-order chi connectivity index (χ1) is 6.70. The van der Waals surface area contributed by atoms with Crippen LogP contribution in [0.25, 0.3) is 0 Å². The van der Waals surface area contributed by atoms with Crippen LogP contribution >= 0.6 is 0 Å². The summed E-state index contributed by atoms with van der Waals surface area (Å²) >= 11 is 0. The second-order valence-electron chi connectivity index (χ2n) is 3.86. The minimum Gasteiger partial charge on any atom is -0.504 e. The van der Waals surface area contributed by atoms with E-state index in [0.717, 1.165) is 12.8 Å². The summed E-state index contributed by atoms with van der Waals surface area (Å²) < 4.78 is 5.05. The van der Waals surface area contributed by atoms with Gasteiger partial charge in [0, 0.05) is 6.04 Å². The fourth-order valence-corrected chi connectivity index (χ4v) is 1.88. The fraction of sp³-hybridized carbons (Fsp3) is 0.455. The molecule has 76 valence electrons. The summed E-state index contributed by atoms with van der Waals surface area (Å²) in [4.78, 5) is 0. The average molecular weight is 193 g/mol. The second kappa shape index (κ2) is 3.50. The molecule has 0 atom stereocenters. The minimum atomic E-state index is 0.194. The Morgan fingerprint density at radius 2 is 2.14 bits per heavy atom. The zero-order valence-corrected chi connectivity index (χ0v) is 8.23. The summed E-state index contributed by atoms with van der Waals surface area (Å²) in [6, 6.07) is 5.86. The topological polar surface area (TPSA) is 55.5 Å². The van der Waals surface area contributed by atoms with Crippen LogP contribution in [0.5, 0.6) is 11.5 Å². The Hall–Kier alpha value is -1.22. The van der Waals surface area contributed by atoms with Gasteiger partial charge in [-0.15, -0.1) is 0 Å². The van der Waals surface area contributed by atoms with Crippen LogP contribution in [0.4, 0.5) is 0 Å². The average Bonchev–Trinajstić information content (AvgIpc) is 2.14. The van der Waals surface area contributed by atoms with Crippen molar-refractivity contribution in [3.8, 4) is 11.5 Å². The molecule has 3 nitrogen and oxygen atoms in total. The maximum atomic E-state index is 9.41. The highest BCUT2D eigenvalue weighted by Gasteiger charge is 2.27. The van der Waals surface area contributed by atoms with Crippen LogP contribution in [0, 0.1) is 0 Å². The highest BCUT2D eigenvalue weighted by atomic mass is 16.5. The molecular formula is C11H15NO2. The van der Waals surface area contributed by atoms with Crippen LogP contribution in [0.15, 0.2) is 18.2 Å². The first kappa shape index (κ1) is 9.34. The number of benzene rings is 1. The molecule has 3 heteroatoms. The van der Waals surface area contributed by atoms with E-state index in [4.69, 9.17) is 10.5 Å². The van der Waals surface area contributed by atoms with Crippen LogP contribution in [0.1, 0.15) is 24.3 Å². The molecule has 1 saturated carbocycles. The molecule has 0 aliphatic heterocycles. The van der Waals surface area contributed by atoms with Crippen molar-refractivity contribution in [3.63, 3.8) is 0 Å². The summed E-state index contributed by atoms with van der Waals surface area (Å²) in [6.45, 7) is 0. The molecule has 0 amide bonds. The lowest BCUT2D eigenvalue weighted by Gasteiger charge is -2.32. The Bertz CT molecular complexity index is 332. The highest BCUT2D eigenvalue weighted by molar-refractivity contribution is 5.43. The number of rotatable bonds is 2. The van der Waals surface area contributed by atoms with E-state index in [2.05, 4.69) is 0 Å². The van der Waals surface area contributed by atoms with Crippen LogP contribution in [-0.2, 0) is 0 Å². The van der Waals surface area contributed by atoms with Crippen LogP contribution in [-0.4, -0.2) is 18.3 Å². The van der Waals surface area contributed by atoms with Gasteiger partial charge in [0.1, 0.15) is 0 Å². The van der Waals surface area contributed by atoms with Crippen molar-refractivity contribution in [1.82, 2.24) is 0 Å². The van der Waals surface area contributed by atoms with Crippen LogP contribution in [0.2, 0.25) is 0 Å². The first-order valence-electron chi connectivity index (χ1n) is 4.83. The molecule has 3 N–H and O–H groups in total. The van der Waals surface area contributed by atoms with Crippen molar-refractivity contribution in [2.75, 3.05) is 7.11 Å². The van der Waals surface area contributed by atoms with Crippen molar-refractivity contribution in [3.05, 3.63) is 23.8 Å². The van der Waals surface area contributed by atoms with Crippen molar-refractivity contribution < 1.29 is 9.84 Å². The number of aromatic hydroxyl groups is 1. The quantitative estimate of drug-likeness (QED) is 0.750. The molecule has 0 bridgehead atoms. The van der Waals surface area contributed by atoms with Gasteiger partial charge < -0.3 is 15.6 Å². The van der Waals surface area contributed by atoms with E-state index in [0.29, 0.717) is 17.7 Å². The summed E-state index contributed by atoms with van der Waals surface area (Å²) in [7, 11) is 1.56. The number of hydrogen-bond donors (Lipinski definition) is 2. The highest BCUT2D eigenvalue weighted by Crippen LogP contribution is 2.38. The molecule has 1 aliphatic rings. The van der Waals surface area contributed by atoms with E-state index in [9.17, 15) is 5.11 Å². The number of methoxy groups -OCH3 is 1. The van der Waals surface area contributed by atoms with Crippen LogP contribution in [0.3, 0.4) is 0 Å². The van der Waals surface area contributed by atoms with E-state index in [-0.39, 0.29) is 5.75 Å². The SMILES string of the molecule is COc1cc(C2CC(N)C2)ccc1O. The Labute approximate surface area is 83.5 Å². The van der Waals surface area contributed by atoms with Crippen molar-refractivity contribution in [1.29, 1.82) is 0 Å². The first-order valence-corrected chi connectivity index (χ1v) is 4.83. The standard InChI is InChI=1S/C11H15NO2/c1-14-11-6-7(2-3-10(11)13)8-4-9(12)5-8/h2-3,6,8-9,13H,4-5,12H2,1H3. The second-order valence-corrected chi connectivity index (χ2v) is 3.86. The number of hydrogen-bond acceptors (Lipinski definition) is 3. The lowest BCUT2D eigenvalue weighted by atomic mass is 9.76. The maximum absolute atomic E-state index is 9.41. The third-order valence-corrected chi connectivity index (χ3v) is 2.85. The molecule has 1 fully saturated rings. The van der Waals surface area contributed by atoms with Gasteiger partial charge in [0.15, 0.2) is 11.5 Å². The van der Waals surface area contributed by atoms with Gasteiger partial charge in [0.2, 0.25) is 0 Å². The van der Waals surface area contributed by atoms with Crippen LogP contribution < -0.4 is 10.5 Å². The Morgan fingerprint density at radius 1 is 1.43 bits per heavy atom. The van der Waals surface area contributed by atoms with E-state index in [1.54, 1.807) is 13.2 Å². The molecule has 0 heterocycles. The fourth-order valence-electron chi connectivity index (χ4n) is 1.88. The van der Waals surface area contributed by atoms with Gasteiger partial charge in [0.05, 0.1) is 7.11 Å². The minimum absolute atomic E-state index is 0.194. The summed E-state index contributed by atoms with van der Waals surface area (Å²) in [5, 5.41) is 9.41. The number of phenolic OH excluding ortho intramolecular Hbond substituents is 1. The number of nitrogens with two attached hydrogens (primary N) is 1. The predicted molar refractivity (Wildman–Crippen MR) is 54.6 cm³/mol. The molecule has 1 aromatic carbocycles. The zero-order chi connectivity index (χ0) is 10.1. The van der Waals surface area contributed by atoms with E-state index in [1.165, 1.54) is 5.56 Å². The van der Waals surface area contributed by atoms with Gasteiger partial charge in [-0.1, -0.05) is 6.07 Å². The third kappa shape index (κ3) is 1.55.